The second-order valence-electron chi connectivity index (χ2n) is 3.86. The summed E-state index contributed by atoms with van der Waals surface area (Å²) in [5, 5.41) is 7.95. The maximum atomic E-state index is 11.8. The van der Waals surface area contributed by atoms with Crippen LogP contribution >= 0.6 is 11.6 Å². The monoisotopic (exact) mass is 280 g/mol. The average Bonchev–Trinajstić information content (AvgIpc) is 2.84. The van der Waals surface area contributed by atoms with Crippen LogP contribution in [0.1, 0.15) is 29.7 Å². The highest BCUT2D eigenvalue weighted by atomic mass is 35.5. The first-order valence-electron chi connectivity index (χ1n) is 5.87. The molecule has 0 aromatic carbocycles. The van der Waals surface area contributed by atoms with Crippen LogP contribution in [0.15, 0.2) is 24.5 Å². The van der Waals surface area contributed by atoms with Crippen molar-refractivity contribution in [2.45, 2.75) is 26.5 Å². The van der Waals surface area contributed by atoms with Crippen molar-refractivity contribution in [1.82, 2.24) is 19.7 Å². The summed E-state index contributed by atoms with van der Waals surface area (Å²) in [5.74, 6) is 0.0748. The first kappa shape index (κ1) is 13.5. The molecular formula is C12H13ClN4O2. The Morgan fingerprint density at radius 1 is 1.47 bits per heavy atom. The van der Waals surface area contributed by atoms with Crippen molar-refractivity contribution < 1.29 is 9.53 Å². The predicted molar refractivity (Wildman–Crippen MR) is 68.7 cm³/mol. The van der Waals surface area contributed by atoms with Gasteiger partial charge in [-0.05, 0) is 18.6 Å². The predicted octanol–water partition coefficient (Wildman–Crippen LogP) is 2.09. The Morgan fingerprint density at radius 2 is 2.32 bits per heavy atom. The molecule has 0 saturated carbocycles. The Balaban J connectivity index is 1.98. The number of hydrogen-bond donors (Lipinski definition) is 0. The van der Waals surface area contributed by atoms with Crippen molar-refractivity contribution >= 4 is 17.6 Å². The highest BCUT2D eigenvalue weighted by Gasteiger charge is 2.11. The zero-order valence-electron chi connectivity index (χ0n) is 10.4. The van der Waals surface area contributed by atoms with Crippen molar-refractivity contribution in [1.29, 1.82) is 0 Å². The van der Waals surface area contributed by atoms with E-state index in [0.717, 1.165) is 13.0 Å². The van der Waals surface area contributed by atoms with Crippen LogP contribution in [0.3, 0.4) is 0 Å². The SMILES string of the molecule is CCCn1cnnc1COC(=O)c1cccc(Cl)n1. The summed E-state index contributed by atoms with van der Waals surface area (Å²) in [6, 6.07) is 4.78. The van der Waals surface area contributed by atoms with E-state index >= 15 is 0 Å². The molecule has 6 nitrogen and oxygen atoms in total. The Hall–Kier alpha value is -1.95. The standard InChI is InChI=1S/C12H13ClN4O2/c1-2-6-17-8-14-16-11(17)7-19-12(18)9-4-3-5-10(13)15-9/h3-5,8H,2,6-7H2,1H3. The molecule has 19 heavy (non-hydrogen) atoms. The minimum absolute atomic E-state index is 0.0625. The Morgan fingerprint density at radius 3 is 3.05 bits per heavy atom. The summed E-state index contributed by atoms with van der Waals surface area (Å²) in [5.41, 5.74) is 0.175. The summed E-state index contributed by atoms with van der Waals surface area (Å²) >= 11 is 5.71. The second-order valence-corrected chi connectivity index (χ2v) is 4.25. The molecule has 0 saturated heterocycles. The third kappa shape index (κ3) is 3.51. The molecule has 0 atom stereocenters. The van der Waals surface area contributed by atoms with Gasteiger partial charge in [0.05, 0.1) is 0 Å². The third-order valence-electron chi connectivity index (χ3n) is 2.42. The molecule has 100 valence electrons. The quantitative estimate of drug-likeness (QED) is 0.619. The number of esters is 1. The van der Waals surface area contributed by atoms with Crippen LogP contribution in [-0.4, -0.2) is 25.7 Å². The zero-order valence-corrected chi connectivity index (χ0v) is 11.2. The molecule has 0 spiro atoms. The van der Waals surface area contributed by atoms with Crippen LogP contribution in [-0.2, 0) is 17.9 Å². The van der Waals surface area contributed by atoms with Gasteiger partial charge < -0.3 is 9.30 Å². The number of aromatic nitrogens is 4. The van der Waals surface area contributed by atoms with Crippen LogP contribution in [0.5, 0.6) is 0 Å². The van der Waals surface area contributed by atoms with Crippen LogP contribution < -0.4 is 0 Å². The molecule has 0 amide bonds. The van der Waals surface area contributed by atoms with Gasteiger partial charge in [-0.25, -0.2) is 9.78 Å². The van der Waals surface area contributed by atoms with Crippen LogP contribution in [0.2, 0.25) is 5.15 Å². The maximum absolute atomic E-state index is 11.8. The molecule has 0 N–H and O–H groups in total. The first-order valence-corrected chi connectivity index (χ1v) is 6.25. The van der Waals surface area contributed by atoms with E-state index in [-0.39, 0.29) is 17.5 Å². The van der Waals surface area contributed by atoms with E-state index in [1.165, 1.54) is 0 Å². The number of carbonyl (C=O) groups excluding carboxylic acids is 1. The Kier molecular flexibility index (Phi) is 4.46. The van der Waals surface area contributed by atoms with Crippen LogP contribution in [0.25, 0.3) is 0 Å². The lowest BCUT2D eigenvalue weighted by Gasteiger charge is -2.06. The molecule has 0 unspecified atom stereocenters. The van der Waals surface area contributed by atoms with Gasteiger partial charge in [0.15, 0.2) is 12.4 Å². The molecule has 0 fully saturated rings. The molecule has 2 aromatic rings. The van der Waals surface area contributed by atoms with E-state index in [0.29, 0.717) is 5.82 Å². The van der Waals surface area contributed by atoms with Crippen LogP contribution in [0, 0.1) is 0 Å². The molecular weight excluding hydrogens is 268 g/mol. The number of nitrogens with zero attached hydrogens (tertiary/aromatic N) is 4. The minimum Gasteiger partial charge on any atom is -0.453 e. The summed E-state index contributed by atoms with van der Waals surface area (Å²) in [6.07, 6.45) is 2.57. The molecule has 7 heteroatoms. The van der Waals surface area contributed by atoms with Crippen LogP contribution in [0.4, 0.5) is 0 Å². The van der Waals surface area contributed by atoms with Gasteiger partial charge in [0.2, 0.25) is 0 Å². The number of carbonyl (C=O) groups is 1. The lowest BCUT2D eigenvalue weighted by atomic mass is 10.3. The van der Waals surface area contributed by atoms with Gasteiger partial charge in [-0.15, -0.1) is 10.2 Å². The normalized spacial score (nSPS) is 10.4. The Bertz CT molecular complexity index is 570. The topological polar surface area (TPSA) is 69.9 Å². The van der Waals surface area contributed by atoms with Gasteiger partial charge in [0, 0.05) is 6.54 Å². The second kappa shape index (κ2) is 6.29. The van der Waals surface area contributed by atoms with Gasteiger partial charge in [0.25, 0.3) is 0 Å². The van der Waals surface area contributed by atoms with Crippen molar-refractivity contribution in [2.24, 2.45) is 0 Å². The minimum atomic E-state index is -0.534. The highest BCUT2D eigenvalue weighted by Crippen LogP contribution is 2.07. The lowest BCUT2D eigenvalue weighted by Crippen LogP contribution is -2.11. The number of rotatable bonds is 5. The summed E-state index contributed by atoms with van der Waals surface area (Å²) < 4.78 is 6.98. The lowest BCUT2D eigenvalue weighted by molar-refractivity contribution is 0.0450. The van der Waals surface area contributed by atoms with Gasteiger partial charge in [-0.1, -0.05) is 24.6 Å². The van der Waals surface area contributed by atoms with E-state index in [1.807, 2.05) is 11.5 Å². The molecule has 2 rings (SSSR count). The van der Waals surface area contributed by atoms with Gasteiger partial charge in [-0.2, -0.15) is 0 Å². The maximum Gasteiger partial charge on any atom is 0.357 e. The van der Waals surface area contributed by atoms with E-state index in [9.17, 15) is 4.79 Å². The number of aryl methyl sites for hydroxylation is 1. The van der Waals surface area contributed by atoms with E-state index in [1.54, 1.807) is 24.5 Å². The number of halogens is 1. The smallest absolute Gasteiger partial charge is 0.357 e. The Labute approximate surface area is 115 Å². The van der Waals surface area contributed by atoms with Gasteiger partial charge in [0.1, 0.15) is 17.2 Å². The van der Waals surface area contributed by atoms with E-state index in [2.05, 4.69) is 15.2 Å². The molecule has 2 aromatic heterocycles. The summed E-state index contributed by atoms with van der Waals surface area (Å²) in [6.45, 7) is 2.90. The largest absolute Gasteiger partial charge is 0.453 e. The molecule has 0 aliphatic heterocycles. The van der Waals surface area contributed by atoms with Crippen molar-refractivity contribution in [2.75, 3.05) is 0 Å². The number of hydrogen-bond acceptors (Lipinski definition) is 5. The van der Waals surface area contributed by atoms with Crippen molar-refractivity contribution in [3.8, 4) is 0 Å². The summed E-state index contributed by atoms with van der Waals surface area (Å²) in [4.78, 5) is 15.6. The first-order chi connectivity index (χ1) is 9.20. The summed E-state index contributed by atoms with van der Waals surface area (Å²) in [7, 11) is 0. The van der Waals surface area contributed by atoms with E-state index < -0.39 is 5.97 Å². The number of ether oxygens (including phenoxy) is 1. The van der Waals surface area contributed by atoms with Gasteiger partial charge >= 0.3 is 5.97 Å². The molecule has 0 radical (unpaired) electrons. The number of pyridine rings is 1. The molecule has 0 aliphatic rings. The van der Waals surface area contributed by atoms with Gasteiger partial charge in [-0.3, -0.25) is 0 Å². The molecule has 0 bridgehead atoms. The fraction of sp³-hybridized carbons (Fsp3) is 0.333. The molecule has 2 heterocycles. The van der Waals surface area contributed by atoms with Crippen molar-refractivity contribution in [3.05, 3.63) is 41.2 Å². The zero-order chi connectivity index (χ0) is 13.7. The average molecular weight is 281 g/mol. The molecule has 0 aliphatic carbocycles. The third-order valence-corrected chi connectivity index (χ3v) is 2.63. The van der Waals surface area contributed by atoms with Crippen molar-refractivity contribution in [3.63, 3.8) is 0 Å². The van der Waals surface area contributed by atoms with E-state index in [4.69, 9.17) is 16.3 Å². The fourth-order valence-electron chi connectivity index (χ4n) is 1.54. The fourth-order valence-corrected chi connectivity index (χ4v) is 1.71. The highest BCUT2D eigenvalue weighted by molar-refractivity contribution is 6.29.